The van der Waals surface area contributed by atoms with Crippen molar-refractivity contribution >= 4 is 34.8 Å². The van der Waals surface area contributed by atoms with Crippen molar-refractivity contribution in [2.45, 2.75) is 26.3 Å². The van der Waals surface area contributed by atoms with Gasteiger partial charge in [0.1, 0.15) is 6.04 Å². The van der Waals surface area contributed by atoms with Gasteiger partial charge in [-0.25, -0.2) is 0 Å². The van der Waals surface area contributed by atoms with Crippen LogP contribution in [0.15, 0.2) is 36.4 Å². The molecule has 7 heteroatoms. The molecule has 2 aromatic rings. The van der Waals surface area contributed by atoms with Crippen molar-refractivity contribution in [1.29, 1.82) is 0 Å². The van der Waals surface area contributed by atoms with Crippen LogP contribution in [0.25, 0.3) is 0 Å². The van der Waals surface area contributed by atoms with Crippen molar-refractivity contribution in [2.75, 3.05) is 16.0 Å². The summed E-state index contributed by atoms with van der Waals surface area (Å²) in [5.74, 6) is -2.02. The Hall–Kier alpha value is -3.35. The van der Waals surface area contributed by atoms with E-state index >= 15 is 0 Å². The molecule has 1 aliphatic heterocycles. The molecule has 1 atom stereocenters. The third-order valence-corrected chi connectivity index (χ3v) is 4.31. The van der Waals surface area contributed by atoms with E-state index in [9.17, 15) is 19.5 Å². The van der Waals surface area contributed by atoms with E-state index in [1.165, 1.54) is 18.2 Å². The minimum absolute atomic E-state index is 0.0314. The zero-order valence-electron chi connectivity index (χ0n) is 14.4. The van der Waals surface area contributed by atoms with Gasteiger partial charge in [-0.3, -0.25) is 9.59 Å². The van der Waals surface area contributed by atoms with Crippen LogP contribution in [-0.2, 0) is 9.59 Å². The van der Waals surface area contributed by atoms with Crippen LogP contribution >= 0.6 is 0 Å². The third-order valence-electron chi connectivity index (χ3n) is 4.31. The van der Waals surface area contributed by atoms with Gasteiger partial charge in [-0.1, -0.05) is 12.1 Å². The summed E-state index contributed by atoms with van der Waals surface area (Å²) in [7, 11) is 0. The number of anilines is 3. The summed E-state index contributed by atoms with van der Waals surface area (Å²) in [4.78, 5) is 35.4. The Kier molecular flexibility index (Phi) is 4.62. The van der Waals surface area contributed by atoms with Gasteiger partial charge in [0.25, 0.3) is 0 Å². The molecule has 26 heavy (non-hydrogen) atoms. The van der Waals surface area contributed by atoms with E-state index < -0.39 is 17.9 Å². The molecule has 0 saturated carbocycles. The lowest BCUT2D eigenvalue weighted by Crippen LogP contribution is -2.41. The van der Waals surface area contributed by atoms with Gasteiger partial charge in [0.15, 0.2) is 0 Å². The highest BCUT2D eigenvalue weighted by Gasteiger charge is 2.28. The first kappa shape index (κ1) is 17.5. The second kappa shape index (κ2) is 6.87. The van der Waals surface area contributed by atoms with Crippen molar-refractivity contribution in [3.05, 3.63) is 53.1 Å². The zero-order valence-corrected chi connectivity index (χ0v) is 14.4. The van der Waals surface area contributed by atoms with Gasteiger partial charge in [-0.2, -0.15) is 0 Å². The molecule has 1 aliphatic rings. The summed E-state index contributed by atoms with van der Waals surface area (Å²) in [5, 5.41) is 19.4. The maximum atomic E-state index is 12.2. The molecule has 134 valence electrons. The van der Waals surface area contributed by atoms with E-state index in [0.717, 1.165) is 16.8 Å². The van der Waals surface area contributed by atoms with Crippen LogP contribution in [0.1, 0.15) is 27.9 Å². The van der Waals surface area contributed by atoms with Crippen molar-refractivity contribution in [1.82, 2.24) is 0 Å². The number of hydrogen-bond acceptors (Lipinski definition) is 5. The lowest BCUT2D eigenvalue weighted by atomic mass is 10.0. The fourth-order valence-electron chi connectivity index (χ4n) is 2.78. The van der Waals surface area contributed by atoms with E-state index in [-0.39, 0.29) is 17.9 Å². The Bertz CT molecular complexity index is 908. The molecule has 0 radical (unpaired) electrons. The van der Waals surface area contributed by atoms with E-state index in [4.69, 9.17) is 0 Å². The number of hydrogen-bond donors (Lipinski definition) is 3. The van der Waals surface area contributed by atoms with Crippen molar-refractivity contribution in [3.63, 3.8) is 0 Å². The van der Waals surface area contributed by atoms with Crippen LogP contribution < -0.4 is 21.1 Å². The number of aromatic carboxylic acids is 1. The quantitative estimate of drug-likeness (QED) is 0.771. The highest BCUT2D eigenvalue weighted by molar-refractivity contribution is 6.06. The van der Waals surface area contributed by atoms with E-state index in [1.54, 1.807) is 6.07 Å². The minimum atomic E-state index is -1.32. The van der Waals surface area contributed by atoms with Crippen LogP contribution in [0.2, 0.25) is 0 Å². The standard InChI is InChI=1S/C19H19N3O4/c1-10-6-14-15(7-11(10)2)22-18(24)16(21-14)9-17(23)20-13-5-3-4-12(8-13)19(25)26/h3-8,16,21H,9H2,1-2H3,(H,20,23)(H,22,24)(H,25,26)/p-1/t16-/m1/s1. The maximum absolute atomic E-state index is 12.2. The van der Waals surface area contributed by atoms with Crippen LogP contribution in [-0.4, -0.2) is 23.8 Å². The molecule has 0 spiro atoms. The minimum Gasteiger partial charge on any atom is -0.545 e. The zero-order chi connectivity index (χ0) is 18.8. The third kappa shape index (κ3) is 3.66. The summed E-state index contributed by atoms with van der Waals surface area (Å²) >= 11 is 0. The van der Waals surface area contributed by atoms with Gasteiger partial charge >= 0.3 is 0 Å². The van der Waals surface area contributed by atoms with Crippen LogP contribution in [0.5, 0.6) is 0 Å². The number of carbonyl (C=O) groups excluding carboxylic acids is 3. The Balaban J connectivity index is 1.69. The monoisotopic (exact) mass is 352 g/mol. The van der Waals surface area contributed by atoms with Crippen molar-refractivity contribution < 1.29 is 19.5 Å². The molecule has 0 fully saturated rings. The smallest absolute Gasteiger partial charge is 0.247 e. The molecule has 0 unspecified atom stereocenters. The average Bonchev–Trinajstić information content (AvgIpc) is 2.57. The molecule has 0 aliphatic carbocycles. The number of fused-ring (bicyclic) bond motifs is 1. The highest BCUT2D eigenvalue weighted by Crippen LogP contribution is 2.30. The SMILES string of the molecule is Cc1cc2c(cc1C)N[C@H](CC(=O)Nc1cccc(C(=O)[O-])c1)C(=O)N2. The Morgan fingerprint density at radius 3 is 2.50 bits per heavy atom. The van der Waals surface area contributed by atoms with Gasteiger partial charge in [0.05, 0.1) is 23.8 Å². The number of aryl methyl sites for hydroxylation is 2. The van der Waals surface area contributed by atoms with Crippen LogP contribution in [0, 0.1) is 13.8 Å². The molecular weight excluding hydrogens is 334 g/mol. The molecule has 0 aromatic heterocycles. The molecule has 3 rings (SSSR count). The fraction of sp³-hybridized carbons (Fsp3) is 0.211. The van der Waals surface area contributed by atoms with Gasteiger partial charge in [-0.15, -0.1) is 0 Å². The molecular formula is C19H18N3O4-. The second-order valence-corrected chi connectivity index (χ2v) is 6.29. The normalized spacial score (nSPS) is 15.5. The summed E-state index contributed by atoms with van der Waals surface area (Å²) in [5.41, 5.74) is 3.90. The number of rotatable bonds is 4. The van der Waals surface area contributed by atoms with Gasteiger partial charge in [-0.05, 0) is 54.8 Å². The Morgan fingerprint density at radius 1 is 1.12 bits per heavy atom. The number of amides is 2. The maximum Gasteiger partial charge on any atom is 0.247 e. The topological polar surface area (TPSA) is 110 Å². The first-order valence-corrected chi connectivity index (χ1v) is 8.13. The lowest BCUT2D eigenvalue weighted by Gasteiger charge is -2.27. The lowest BCUT2D eigenvalue weighted by molar-refractivity contribution is -0.255. The fourth-order valence-corrected chi connectivity index (χ4v) is 2.78. The number of nitrogens with one attached hydrogen (secondary N) is 3. The first-order valence-electron chi connectivity index (χ1n) is 8.13. The second-order valence-electron chi connectivity index (χ2n) is 6.29. The largest absolute Gasteiger partial charge is 0.545 e. The molecule has 2 aromatic carbocycles. The van der Waals surface area contributed by atoms with E-state index in [0.29, 0.717) is 11.4 Å². The molecule has 0 bridgehead atoms. The van der Waals surface area contributed by atoms with Crippen molar-refractivity contribution in [2.24, 2.45) is 0 Å². The van der Waals surface area contributed by atoms with E-state index in [1.807, 2.05) is 26.0 Å². The Morgan fingerprint density at radius 2 is 1.81 bits per heavy atom. The summed E-state index contributed by atoms with van der Waals surface area (Å²) < 4.78 is 0. The molecule has 7 nitrogen and oxygen atoms in total. The predicted octanol–water partition coefficient (Wildman–Crippen LogP) is 1.43. The van der Waals surface area contributed by atoms with Gasteiger partial charge in [0, 0.05) is 5.69 Å². The summed E-state index contributed by atoms with van der Waals surface area (Å²) in [6.07, 6.45) is -0.0895. The number of benzene rings is 2. The number of carbonyl (C=O) groups is 3. The predicted molar refractivity (Wildman–Crippen MR) is 96.0 cm³/mol. The van der Waals surface area contributed by atoms with Crippen LogP contribution in [0.4, 0.5) is 17.1 Å². The van der Waals surface area contributed by atoms with Gasteiger partial charge < -0.3 is 25.9 Å². The highest BCUT2D eigenvalue weighted by atomic mass is 16.4. The average molecular weight is 352 g/mol. The number of carboxylic acids is 1. The van der Waals surface area contributed by atoms with E-state index in [2.05, 4.69) is 16.0 Å². The summed E-state index contributed by atoms with van der Waals surface area (Å²) in [6, 6.07) is 8.86. The van der Waals surface area contributed by atoms with Gasteiger partial charge in [0.2, 0.25) is 11.8 Å². The summed E-state index contributed by atoms with van der Waals surface area (Å²) in [6.45, 7) is 3.93. The molecule has 1 heterocycles. The molecule has 0 saturated heterocycles. The first-order chi connectivity index (χ1) is 12.3. The Labute approximate surface area is 150 Å². The van der Waals surface area contributed by atoms with Crippen LogP contribution in [0.3, 0.4) is 0 Å². The number of carboxylic acid groups (broad SMARTS) is 1. The molecule has 2 amide bonds. The molecule has 3 N–H and O–H groups in total. The van der Waals surface area contributed by atoms with Crippen molar-refractivity contribution in [3.8, 4) is 0 Å².